The summed E-state index contributed by atoms with van der Waals surface area (Å²) in [7, 11) is 1.69. The molecule has 5 heteroatoms. The molecule has 0 spiro atoms. The van der Waals surface area contributed by atoms with Gasteiger partial charge in [-0.1, -0.05) is 12.8 Å². The Morgan fingerprint density at radius 2 is 2.04 bits per heavy atom. The molecule has 1 fully saturated rings. The Balaban J connectivity index is 1.66. The monoisotopic (exact) mass is 344 g/mol. The van der Waals surface area contributed by atoms with Gasteiger partial charge in [-0.15, -0.1) is 0 Å². The van der Waals surface area contributed by atoms with Crippen LogP contribution in [0.25, 0.3) is 11.3 Å². The van der Waals surface area contributed by atoms with Crippen molar-refractivity contribution in [2.45, 2.75) is 45.2 Å². The molecule has 0 unspecified atom stereocenters. The molecule has 0 saturated heterocycles. The first-order valence-electron chi connectivity index (χ1n) is 8.88. The summed E-state index contributed by atoms with van der Waals surface area (Å²) in [4.78, 5) is 12.0. The van der Waals surface area contributed by atoms with Gasteiger partial charge in [0.2, 0.25) is 5.91 Å². The fourth-order valence-corrected chi connectivity index (χ4v) is 3.63. The second kappa shape index (κ2) is 7.83. The Morgan fingerprint density at radius 1 is 1.24 bits per heavy atom. The van der Waals surface area contributed by atoms with Crippen molar-refractivity contribution in [1.29, 1.82) is 0 Å². The molecule has 1 amide bonds. The summed E-state index contributed by atoms with van der Waals surface area (Å²) in [6.07, 6.45) is 4.17. The lowest BCUT2D eigenvalue weighted by Gasteiger charge is -2.30. The lowest BCUT2D eigenvalue weighted by atomic mass is 9.84. The number of halogens is 1. The lowest BCUT2D eigenvalue weighted by Crippen LogP contribution is -2.45. The van der Waals surface area contributed by atoms with Crippen molar-refractivity contribution in [3.05, 3.63) is 47.5 Å². The zero-order valence-corrected chi connectivity index (χ0v) is 14.8. The van der Waals surface area contributed by atoms with E-state index in [1.807, 2.05) is 19.1 Å². The van der Waals surface area contributed by atoms with Crippen LogP contribution < -0.4 is 10.6 Å². The number of hydrogen-bond acceptors (Lipinski definition) is 3. The number of rotatable bonds is 5. The van der Waals surface area contributed by atoms with Crippen molar-refractivity contribution in [2.24, 2.45) is 5.92 Å². The zero-order valence-electron chi connectivity index (χ0n) is 14.8. The summed E-state index contributed by atoms with van der Waals surface area (Å²) in [5.41, 5.74) is 1.74. The number of carbonyl (C=O) groups excluding carboxylic acids is 1. The number of benzene rings is 1. The molecule has 25 heavy (non-hydrogen) atoms. The van der Waals surface area contributed by atoms with Crippen LogP contribution in [0.3, 0.4) is 0 Å². The molecule has 0 radical (unpaired) electrons. The Morgan fingerprint density at radius 3 is 2.80 bits per heavy atom. The van der Waals surface area contributed by atoms with Gasteiger partial charge in [-0.05, 0) is 55.7 Å². The number of aryl methyl sites for hydroxylation is 1. The molecule has 4 nitrogen and oxygen atoms in total. The molecule has 1 aromatic heterocycles. The first-order valence-corrected chi connectivity index (χ1v) is 8.88. The van der Waals surface area contributed by atoms with Crippen LogP contribution in [-0.2, 0) is 11.3 Å². The van der Waals surface area contributed by atoms with Gasteiger partial charge in [0.1, 0.15) is 17.3 Å². The second-order valence-corrected chi connectivity index (χ2v) is 6.72. The van der Waals surface area contributed by atoms with Gasteiger partial charge < -0.3 is 15.1 Å². The Kier molecular flexibility index (Phi) is 5.53. The quantitative estimate of drug-likeness (QED) is 0.868. The van der Waals surface area contributed by atoms with Crippen molar-refractivity contribution in [3.8, 4) is 11.3 Å². The van der Waals surface area contributed by atoms with Crippen LogP contribution in [0.1, 0.15) is 37.0 Å². The minimum atomic E-state index is -0.243. The Labute approximate surface area is 147 Å². The molecular formula is C20H25FN2O2. The van der Waals surface area contributed by atoms with Crippen molar-refractivity contribution >= 4 is 5.91 Å². The summed E-state index contributed by atoms with van der Waals surface area (Å²) in [5.74, 6) is 1.44. The maximum absolute atomic E-state index is 13.3. The number of carbonyl (C=O) groups is 1. The number of hydrogen-bond donors (Lipinski definition) is 2. The molecule has 0 aliphatic heterocycles. The van der Waals surface area contributed by atoms with E-state index in [0.717, 1.165) is 48.3 Å². The molecule has 1 aromatic carbocycles. The van der Waals surface area contributed by atoms with E-state index in [0.29, 0.717) is 6.54 Å². The lowest BCUT2D eigenvalue weighted by molar-refractivity contribution is -0.126. The van der Waals surface area contributed by atoms with E-state index in [1.54, 1.807) is 13.1 Å². The van der Waals surface area contributed by atoms with Gasteiger partial charge in [0.05, 0.1) is 12.5 Å². The third kappa shape index (κ3) is 4.10. The van der Waals surface area contributed by atoms with Gasteiger partial charge in [-0.25, -0.2) is 4.39 Å². The zero-order chi connectivity index (χ0) is 17.8. The van der Waals surface area contributed by atoms with E-state index >= 15 is 0 Å². The normalized spacial score (nSPS) is 20.4. The largest absolute Gasteiger partial charge is 0.460 e. The molecule has 2 aromatic rings. The fraction of sp³-hybridized carbons (Fsp3) is 0.450. The van der Waals surface area contributed by atoms with Gasteiger partial charge in [-0.3, -0.25) is 4.79 Å². The number of amides is 1. The number of furan rings is 1. The SMILES string of the molecule is CNC(=O)[C@@H]1CCCC[C@@H]1NCc1ccc(-c2ccc(F)cc2C)o1. The Bertz CT molecular complexity index is 741. The molecule has 3 rings (SSSR count). The molecule has 1 aliphatic carbocycles. The Hall–Kier alpha value is -2.14. The standard InChI is InChI=1S/C20H25FN2O2/c1-13-11-14(21)7-9-16(13)19-10-8-15(25-19)12-23-18-6-4-3-5-17(18)20(24)22-2/h7-11,17-18,23H,3-6,12H2,1-2H3,(H,22,24)/t17-,18+/m1/s1. The van der Waals surface area contributed by atoms with Gasteiger partial charge in [-0.2, -0.15) is 0 Å². The third-order valence-corrected chi connectivity index (χ3v) is 5.00. The average molecular weight is 344 g/mol. The van der Waals surface area contributed by atoms with Gasteiger partial charge in [0.25, 0.3) is 0 Å². The molecule has 0 bridgehead atoms. The third-order valence-electron chi connectivity index (χ3n) is 5.00. The highest BCUT2D eigenvalue weighted by Gasteiger charge is 2.30. The van der Waals surface area contributed by atoms with Crippen LogP contribution in [0.2, 0.25) is 0 Å². The second-order valence-electron chi connectivity index (χ2n) is 6.72. The maximum atomic E-state index is 13.3. The van der Waals surface area contributed by atoms with E-state index in [-0.39, 0.29) is 23.7 Å². The van der Waals surface area contributed by atoms with E-state index < -0.39 is 0 Å². The summed E-state index contributed by atoms with van der Waals surface area (Å²) >= 11 is 0. The van der Waals surface area contributed by atoms with Crippen LogP contribution >= 0.6 is 0 Å². The van der Waals surface area contributed by atoms with Crippen molar-refractivity contribution in [3.63, 3.8) is 0 Å². The topological polar surface area (TPSA) is 54.3 Å². The van der Waals surface area contributed by atoms with Crippen LogP contribution in [-0.4, -0.2) is 19.0 Å². The van der Waals surface area contributed by atoms with Gasteiger partial charge in [0.15, 0.2) is 0 Å². The van der Waals surface area contributed by atoms with E-state index in [4.69, 9.17) is 4.42 Å². The highest BCUT2D eigenvalue weighted by atomic mass is 19.1. The van der Waals surface area contributed by atoms with Crippen LogP contribution in [0.4, 0.5) is 4.39 Å². The van der Waals surface area contributed by atoms with Crippen LogP contribution in [0, 0.1) is 18.7 Å². The first kappa shape index (κ1) is 17.7. The summed E-state index contributed by atoms with van der Waals surface area (Å²) < 4.78 is 19.2. The number of nitrogens with one attached hydrogen (secondary N) is 2. The molecular weight excluding hydrogens is 319 g/mol. The van der Waals surface area contributed by atoms with Crippen molar-refractivity contribution in [1.82, 2.24) is 10.6 Å². The minimum Gasteiger partial charge on any atom is -0.460 e. The van der Waals surface area contributed by atoms with E-state index in [9.17, 15) is 9.18 Å². The summed E-state index contributed by atoms with van der Waals surface area (Å²) in [6.45, 7) is 2.45. The predicted octanol–water partition coefficient (Wildman–Crippen LogP) is 3.79. The highest BCUT2D eigenvalue weighted by Crippen LogP contribution is 2.27. The molecule has 2 atom stereocenters. The van der Waals surface area contributed by atoms with Gasteiger partial charge in [0, 0.05) is 18.7 Å². The minimum absolute atomic E-state index is 0.0209. The summed E-state index contributed by atoms with van der Waals surface area (Å²) in [6, 6.07) is 8.71. The summed E-state index contributed by atoms with van der Waals surface area (Å²) in [5, 5.41) is 6.24. The predicted molar refractivity (Wildman–Crippen MR) is 95.5 cm³/mol. The first-order chi connectivity index (χ1) is 12.1. The molecule has 1 aliphatic rings. The van der Waals surface area contributed by atoms with E-state index in [1.165, 1.54) is 12.1 Å². The molecule has 1 saturated carbocycles. The maximum Gasteiger partial charge on any atom is 0.224 e. The average Bonchev–Trinajstić information content (AvgIpc) is 3.08. The highest BCUT2D eigenvalue weighted by molar-refractivity contribution is 5.79. The van der Waals surface area contributed by atoms with Crippen molar-refractivity contribution in [2.75, 3.05) is 7.05 Å². The van der Waals surface area contributed by atoms with Gasteiger partial charge >= 0.3 is 0 Å². The molecule has 2 N–H and O–H groups in total. The van der Waals surface area contributed by atoms with Crippen molar-refractivity contribution < 1.29 is 13.6 Å². The smallest absolute Gasteiger partial charge is 0.224 e. The molecule has 134 valence electrons. The van der Waals surface area contributed by atoms with Crippen LogP contribution in [0.5, 0.6) is 0 Å². The van der Waals surface area contributed by atoms with E-state index in [2.05, 4.69) is 10.6 Å². The van der Waals surface area contributed by atoms with Crippen LogP contribution in [0.15, 0.2) is 34.7 Å². The fourth-order valence-electron chi connectivity index (χ4n) is 3.63. The molecule has 1 heterocycles.